The zero-order chi connectivity index (χ0) is 25.3. The number of piperidine rings is 1. The molecule has 0 aromatic carbocycles. The van der Waals surface area contributed by atoms with Crippen LogP contribution >= 0.6 is 0 Å². The molecule has 3 aromatic heterocycles. The molecule has 3 aromatic rings. The van der Waals surface area contributed by atoms with Gasteiger partial charge in [0.2, 0.25) is 5.91 Å². The quantitative estimate of drug-likeness (QED) is 0.476. The number of hydrogen-bond donors (Lipinski definition) is 0. The van der Waals surface area contributed by atoms with Crippen molar-refractivity contribution in [1.29, 1.82) is 0 Å². The maximum atomic E-state index is 13.8. The number of pyridine rings is 1. The van der Waals surface area contributed by atoms with Crippen LogP contribution in [0.5, 0.6) is 0 Å². The largest absolute Gasteiger partial charge is 0.466 e. The average molecular weight is 480 g/mol. The van der Waals surface area contributed by atoms with E-state index in [-0.39, 0.29) is 23.8 Å². The summed E-state index contributed by atoms with van der Waals surface area (Å²) in [6.45, 7) is 12.0. The van der Waals surface area contributed by atoms with Crippen LogP contribution in [0.25, 0.3) is 22.3 Å². The number of carbonyl (C=O) groups excluding carboxylic acids is 2. The number of aryl methyl sites for hydroxylation is 2. The van der Waals surface area contributed by atoms with Crippen molar-refractivity contribution in [3.8, 4) is 11.3 Å². The van der Waals surface area contributed by atoms with E-state index < -0.39 is 0 Å². The molecule has 1 fully saturated rings. The highest BCUT2D eigenvalue weighted by atomic mass is 16.3. The third-order valence-electron chi connectivity index (χ3n) is 6.96. The molecule has 0 spiro atoms. The second kappa shape index (κ2) is 10.2. The maximum absolute atomic E-state index is 13.8. The molecule has 0 saturated carbocycles. The van der Waals surface area contributed by atoms with Gasteiger partial charge in [-0.2, -0.15) is 5.10 Å². The molecule has 0 unspecified atom stereocenters. The second-order valence-corrected chi connectivity index (χ2v) is 9.98. The number of unbranched alkanes of at least 4 members (excludes halogenated alkanes) is 1. The molecular formula is C27H37N5O3. The van der Waals surface area contributed by atoms with Crippen molar-refractivity contribution in [2.24, 2.45) is 5.92 Å². The lowest BCUT2D eigenvalue weighted by Gasteiger charge is -2.33. The summed E-state index contributed by atoms with van der Waals surface area (Å²) in [7, 11) is 1.89. The van der Waals surface area contributed by atoms with E-state index in [1.807, 2.05) is 47.5 Å². The van der Waals surface area contributed by atoms with E-state index in [9.17, 15) is 9.59 Å². The lowest BCUT2D eigenvalue weighted by atomic mass is 9.94. The van der Waals surface area contributed by atoms with Crippen LogP contribution in [-0.4, -0.2) is 63.1 Å². The van der Waals surface area contributed by atoms with E-state index in [1.54, 1.807) is 6.20 Å². The Labute approximate surface area is 207 Å². The van der Waals surface area contributed by atoms with Crippen LogP contribution in [0.1, 0.15) is 74.4 Å². The number of amides is 2. The van der Waals surface area contributed by atoms with Crippen molar-refractivity contribution in [2.75, 3.05) is 26.7 Å². The summed E-state index contributed by atoms with van der Waals surface area (Å²) in [5.41, 5.74) is 2.89. The number of nitrogens with zero attached hydrogens (tertiary/aromatic N) is 5. The molecule has 188 valence electrons. The molecule has 35 heavy (non-hydrogen) atoms. The summed E-state index contributed by atoms with van der Waals surface area (Å²) < 4.78 is 7.60. The van der Waals surface area contributed by atoms with Crippen molar-refractivity contribution in [3.63, 3.8) is 0 Å². The smallest absolute Gasteiger partial charge is 0.254 e. The van der Waals surface area contributed by atoms with Crippen LogP contribution in [0, 0.1) is 19.8 Å². The fourth-order valence-electron chi connectivity index (χ4n) is 4.91. The standard InChI is InChI=1S/C27H37N5O3/c1-7-8-11-30(6)26(33)20-9-12-31(13-10-20)27(34)22-15-24(21-14-18(4)35-19(21)5)29-25-23(22)16-28-32(25)17(2)3/h14-17,20H,7-13H2,1-6H3. The molecular weight excluding hydrogens is 442 g/mol. The Hall–Kier alpha value is -3.16. The van der Waals surface area contributed by atoms with Crippen molar-refractivity contribution >= 4 is 22.8 Å². The van der Waals surface area contributed by atoms with E-state index in [4.69, 9.17) is 9.40 Å². The third-order valence-corrected chi connectivity index (χ3v) is 6.96. The number of rotatable bonds is 7. The van der Waals surface area contributed by atoms with E-state index in [2.05, 4.69) is 25.9 Å². The topological polar surface area (TPSA) is 84.5 Å². The van der Waals surface area contributed by atoms with Gasteiger partial charge in [-0.1, -0.05) is 13.3 Å². The molecule has 8 heteroatoms. The number of hydrogen-bond acceptors (Lipinski definition) is 5. The number of aromatic nitrogens is 3. The van der Waals surface area contributed by atoms with E-state index in [0.717, 1.165) is 41.9 Å². The van der Waals surface area contributed by atoms with Crippen LogP contribution < -0.4 is 0 Å². The SMILES string of the molecule is CCCCN(C)C(=O)C1CCN(C(=O)c2cc(-c3cc(C)oc3C)nc3c2cnn3C(C)C)CC1. The molecule has 0 radical (unpaired) electrons. The van der Waals surface area contributed by atoms with Gasteiger partial charge < -0.3 is 14.2 Å². The van der Waals surface area contributed by atoms with Crippen LogP contribution in [0.15, 0.2) is 22.7 Å². The van der Waals surface area contributed by atoms with Crippen LogP contribution in [-0.2, 0) is 4.79 Å². The molecule has 8 nitrogen and oxygen atoms in total. The predicted molar refractivity (Wildman–Crippen MR) is 136 cm³/mol. The first-order valence-electron chi connectivity index (χ1n) is 12.7. The van der Waals surface area contributed by atoms with Gasteiger partial charge in [0.1, 0.15) is 11.5 Å². The van der Waals surface area contributed by atoms with Crippen molar-refractivity contribution < 1.29 is 14.0 Å². The van der Waals surface area contributed by atoms with Gasteiger partial charge in [-0.25, -0.2) is 9.67 Å². The number of carbonyl (C=O) groups is 2. The summed E-state index contributed by atoms with van der Waals surface area (Å²) in [5, 5.41) is 5.29. The lowest BCUT2D eigenvalue weighted by Crippen LogP contribution is -2.43. The normalized spacial score (nSPS) is 14.8. The zero-order valence-corrected chi connectivity index (χ0v) is 21.8. The maximum Gasteiger partial charge on any atom is 0.254 e. The summed E-state index contributed by atoms with van der Waals surface area (Å²) in [5.74, 6) is 1.72. The molecule has 4 heterocycles. The minimum absolute atomic E-state index is 0.0193. The number of likely N-dealkylation sites (tertiary alicyclic amines) is 1. The molecule has 0 atom stereocenters. The van der Waals surface area contributed by atoms with Crippen LogP contribution in [0.4, 0.5) is 0 Å². The number of furan rings is 1. The first-order valence-corrected chi connectivity index (χ1v) is 12.7. The van der Waals surface area contributed by atoms with Crippen molar-refractivity contribution in [1.82, 2.24) is 24.6 Å². The molecule has 0 N–H and O–H groups in total. The van der Waals surface area contributed by atoms with Gasteiger partial charge in [-0.3, -0.25) is 9.59 Å². The highest BCUT2D eigenvalue weighted by Gasteiger charge is 2.31. The van der Waals surface area contributed by atoms with Gasteiger partial charge in [0.15, 0.2) is 5.65 Å². The number of fused-ring (bicyclic) bond motifs is 1. The Kier molecular flexibility index (Phi) is 7.28. The van der Waals surface area contributed by atoms with Gasteiger partial charge in [0.05, 0.1) is 22.8 Å². The molecule has 1 aliphatic rings. The second-order valence-electron chi connectivity index (χ2n) is 9.98. The highest BCUT2D eigenvalue weighted by molar-refractivity contribution is 6.06. The zero-order valence-electron chi connectivity index (χ0n) is 21.8. The first-order chi connectivity index (χ1) is 16.7. The monoisotopic (exact) mass is 479 g/mol. The Morgan fingerprint density at radius 1 is 1.20 bits per heavy atom. The van der Waals surface area contributed by atoms with Gasteiger partial charge in [0, 0.05) is 44.2 Å². The first kappa shape index (κ1) is 24.9. The minimum Gasteiger partial charge on any atom is -0.466 e. The van der Waals surface area contributed by atoms with Gasteiger partial charge >= 0.3 is 0 Å². The molecule has 1 aliphatic heterocycles. The van der Waals surface area contributed by atoms with Gasteiger partial charge in [-0.05, 0) is 59.1 Å². The molecule has 4 rings (SSSR count). The Bertz CT molecular complexity index is 1220. The molecule has 1 saturated heterocycles. The summed E-state index contributed by atoms with van der Waals surface area (Å²) in [6.07, 6.45) is 5.20. The van der Waals surface area contributed by atoms with E-state index in [0.29, 0.717) is 42.8 Å². The molecule has 0 bridgehead atoms. The van der Waals surface area contributed by atoms with Crippen molar-refractivity contribution in [2.45, 2.75) is 66.3 Å². The summed E-state index contributed by atoms with van der Waals surface area (Å²) in [6, 6.07) is 3.93. The average Bonchev–Trinajstić information content (AvgIpc) is 3.43. The summed E-state index contributed by atoms with van der Waals surface area (Å²) in [4.78, 5) is 35.2. The molecule has 2 amide bonds. The Morgan fingerprint density at radius 2 is 1.91 bits per heavy atom. The third kappa shape index (κ3) is 4.97. The predicted octanol–water partition coefficient (Wildman–Crippen LogP) is 5.00. The van der Waals surface area contributed by atoms with Gasteiger partial charge in [0.25, 0.3) is 5.91 Å². The highest BCUT2D eigenvalue weighted by Crippen LogP contribution is 2.31. The Morgan fingerprint density at radius 3 is 2.51 bits per heavy atom. The van der Waals surface area contributed by atoms with E-state index >= 15 is 0 Å². The minimum atomic E-state index is -0.0370. The van der Waals surface area contributed by atoms with Gasteiger partial charge in [-0.15, -0.1) is 0 Å². The van der Waals surface area contributed by atoms with E-state index in [1.165, 1.54) is 0 Å². The van der Waals surface area contributed by atoms with Crippen molar-refractivity contribution in [3.05, 3.63) is 35.4 Å². The van der Waals surface area contributed by atoms with Crippen LogP contribution in [0.3, 0.4) is 0 Å². The Balaban J connectivity index is 1.61. The fourth-order valence-corrected chi connectivity index (χ4v) is 4.91. The summed E-state index contributed by atoms with van der Waals surface area (Å²) >= 11 is 0. The fraction of sp³-hybridized carbons (Fsp3) is 0.556. The van der Waals surface area contributed by atoms with Crippen LogP contribution in [0.2, 0.25) is 0 Å². The molecule has 0 aliphatic carbocycles. The lowest BCUT2D eigenvalue weighted by molar-refractivity contribution is -0.135.